The molecule has 1 aliphatic rings. The van der Waals surface area contributed by atoms with Crippen LogP contribution in [0.5, 0.6) is 0 Å². The van der Waals surface area contributed by atoms with Gasteiger partial charge in [0.15, 0.2) is 5.78 Å². The zero-order valence-corrected chi connectivity index (χ0v) is 12.1. The Hall–Kier alpha value is -1.16. The van der Waals surface area contributed by atoms with E-state index in [4.69, 9.17) is 4.74 Å². The first-order valence-corrected chi connectivity index (χ1v) is 7.21. The fraction of sp³-hybridized carbons (Fsp3) is 0.733. The van der Waals surface area contributed by atoms with Crippen molar-refractivity contribution in [2.75, 3.05) is 7.11 Å². The number of ketones is 1. The lowest BCUT2D eigenvalue weighted by molar-refractivity contribution is -0.130. The number of nitrogens with zero attached hydrogens (tertiary/aromatic N) is 2. The smallest absolute Gasteiger partial charge is 0.167 e. The number of hydrogen-bond donors (Lipinski definition) is 0. The molecular weight excluding hydrogens is 240 g/mol. The standard InChI is InChI=1S/C15H24N2O2/c1-11(2)15(19-3)14(18)10-12-8-9-17(16-12)13-6-4-5-7-13/h8-9,11,13,15H,4-7,10H2,1-3H3. The van der Waals surface area contributed by atoms with Crippen LogP contribution in [-0.4, -0.2) is 28.8 Å². The zero-order chi connectivity index (χ0) is 13.8. The molecule has 0 N–H and O–H groups in total. The largest absolute Gasteiger partial charge is 0.373 e. The minimum atomic E-state index is -0.323. The van der Waals surface area contributed by atoms with Gasteiger partial charge >= 0.3 is 0 Å². The summed E-state index contributed by atoms with van der Waals surface area (Å²) in [6.07, 6.45) is 7.06. The van der Waals surface area contributed by atoms with E-state index in [9.17, 15) is 4.79 Å². The van der Waals surface area contributed by atoms with Crippen molar-refractivity contribution in [2.24, 2.45) is 5.92 Å². The lowest BCUT2D eigenvalue weighted by Crippen LogP contribution is -2.30. The molecule has 0 aromatic carbocycles. The number of ether oxygens (including phenoxy) is 1. The van der Waals surface area contributed by atoms with Gasteiger partial charge in [-0.05, 0) is 24.8 Å². The number of hydrogen-bond acceptors (Lipinski definition) is 3. The van der Waals surface area contributed by atoms with Crippen LogP contribution < -0.4 is 0 Å². The van der Waals surface area contributed by atoms with Gasteiger partial charge in [-0.1, -0.05) is 26.7 Å². The van der Waals surface area contributed by atoms with E-state index in [2.05, 4.69) is 5.10 Å². The van der Waals surface area contributed by atoms with Crippen LogP contribution in [0.3, 0.4) is 0 Å². The van der Waals surface area contributed by atoms with Crippen LogP contribution in [0.2, 0.25) is 0 Å². The second-order valence-electron chi connectivity index (χ2n) is 5.77. The molecule has 1 heterocycles. The molecule has 2 rings (SSSR count). The Labute approximate surface area is 115 Å². The van der Waals surface area contributed by atoms with Gasteiger partial charge in [0.25, 0.3) is 0 Å². The third kappa shape index (κ3) is 3.44. The van der Waals surface area contributed by atoms with Crippen LogP contribution in [0, 0.1) is 5.92 Å². The van der Waals surface area contributed by atoms with Crippen molar-refractivity contribution in [1.29, 1.82) is 0 Å². The van der Waals surface area contributed by atoms with Crippen molar-refractivity contribution < 1.29 is 9.53 Å². The number of rotatable bonds is 6. The predicted octanol–water partition coefficient (Wildman–Crippen LogP) is 2.78. The van der Waals surface area contributed by atoms with Gasteiger partial charge in [0, 0.05) is 13.3 Å². The first-order valence-electron chi connectivity index (χ1n) is 7.21. The molecule has 19 heavy (non-hydrogen) atoms. The molecule has 1 aliphatic carbocycles. The minimum absolute atomic E-state index is 0.120. The Balaban J connectivity index is 1.97. The van der Waals surface area contributed by atoms with Crippen molar-refractivity contribution in [3.63, 3.8) is 0 Å². The Morgan fingerprint density at radius 2 is 2.16 bits per heavy atom. The van der Waals surface area contributed by atoms with E-state index >= 15 is 0 Å². The highest BCUT2D eigenvalue weighted by Crippen LogP contribution is 2.28. The van der Waals surface area contributed by atoms with Gasteiger partial charge in [-0.15, -0.1) is 0 Å². The van der Waals surface area contributed by atoms with Crippen LogP contribution in [0.15, 0.2) is 12.3 Å². The van der Waals surface area contributed by atoms with Gasteiger partial charge in [0.1, 0.15) is 6.10 Å². The molecule has 4 heteroatoms. The van der Waals surface area contributed by atoms with E-state index in [1.807, 2.05) is 30.8 Å². The highest BCUT2D eigenvalue weighted by molar-refractivity contribution is 5.85. The normalized spacial score (nSPS) is 18.1. The van der Waals surface area contributed by atoms with Crippen molar-refractivity contribution in [3.8, 4) is 0 Å². The van der Waals surface area contributed by atoms with Crippen LogP contribution >= 0.6 is 0 Å². The van der Waals surface area contributed by atoms with Gasteiger partial charge in [0.05, 0.1) is 18.2 Å². The number of Topliss-reactive ketones (excluding diaryl/α,β-unsaturated/α-hetero) is 1. The maximum Gasteiger partial charge on any atom is 0.167 e. The third-order valence-electron chi connectivity index (χ3n) is 3.89. The van der Waals surface area contributed by atoms with E-state index < -0.39 is 0 Å². The molecule has 0 bridgehead atoms. The second-order valence-corrected chi connectivity index (χ2v) is 5.77. The van der Waals surface area contributed by atoms with Crippen molar-refractivity contribution in [2.45, 2.75) is 58.1 Å². The maximum absolute atomic E-state index is 12.1. The summed E-state index contributed by atoms with van der Waals surface area (Å²) >= 11 is 0. The monoisotopic (exact) mass is 264 g/mol. The van der Waals surface area contributed by atoms with Gasteiger partial charge in [-0.2, -0.15) is 5.10 Å². The van der Waals surface area contributed by atoms with E-state index in [1.165, 1.54) is 25.7 Å². The predicted molar refractivity (Wildman–Crippen MR) is 74.1 cm³/mol. The summed E-state index contributed by atoms with van der Waals surface area (Å²) in [7, 11) is 1.60. The molecule has 1 fully saturated rings. The third-order valence-corrected chi connectivity index (χ3v) is 3.89. The van der Waals surface area contributed by atoms with E-state index in [-0.39, 0.29) is 17.8 Å². The highest BCUT2D eigenvalue weighted by Gasteiger charge is 2.23. The first-order chi connectivity index (χ1) is 9.11. The molecular formula is C15H24N2O2. The fourth-order valence-electron chi connectivity index (χ4n) is 2.90. The van der Waals surface area contributed by atoms with E-state index in [0.717, 1.165) is 5.69 Å². The first kappa shape index (κ1) is 14.3. The van der Waals surface area contributed by atoms with Gasteiger partial charge < -0.3 is 4.74 Å². The number of carbonyl (C=O) groups is 1. The summed E-state index contributed by atoms with van der Waals surface area (Å²) in [5.74, 6) is 0.323. The maximum atomic E-state index is 12.1. The summed E-state index contributed by atoms with van der Waals surface area (Å²) in [6.45, 7) is 4.01. The average molecular weight is 264 g/mol. The molecule has 0 radical (unpaired) electrons. The molecule has 1 atom stereocenters. The van der Waals surface area contributed by atoms with Crippen LogP contribution in [0.25, 0.3) is 0 Å². The molecule has 1 aromatic heterocycles. The lowest BCUT2D eigenvalue weighted by atomic mass is 10.00. The Kier molecular flexibility index (Phi) is 4.75. The molecule has 0 saturated heterocycles. The summed E-state index contributed by atoms with van der Waals surface area (Å²) < 4.78 is 7.30. The zero-order valence-electron chi connectivity index (χ0n) is 12.1. The quantitative estimate of drug-likeness (QED) is 0.793. The Morgan fingerprint density at radius 3 is 2.74 bits per heavy atom. The molecule has 0 spiro atoms. The summed E-state index contributed by atoms with van der Waals surface area (Å²) in [5, 5.41) is 4.55. The van der Waals surface area contributed by atoms with Crippen molar-refractivity contribution in [3.05, 3.63) is 18.0 Å². The van der Waals surface area contributed by atoms with Gasteiger partial charge in [-0.25, -0.2) is 0 Å². The number of aromatic nitrogens is 2. The topological polar surface area (TPSA) is 44.1 Å². The van der Waals surface area contributed by atoms with Crippen molar-refractivity contribution >= 4 is 5.78 Å². The lowest BCUT2D eigenvalue weighted by Gasteiger charge is -2.17. The molecule has 1 unspecified atom stereocenters. The number of methoxy groups -OCH3 is 1. The number of carbonyl (C=O) groups excluding carboxylic acids is 1. The van der Waals surface area contributed by atoms with E-state index in [1.54, 1.807) is 7.11 Å². The van der Waals surface area contributed by atoms with Gasteiger partial charge in [-0.3, -0.25) is 9.48 Å². The highest BCUT2D eigenvalue weighted by atomic mass is 16.5. The SMILES string of the molecule is COC(C(=O)Cc1ccn(C2CCCC2)n1)C(C)C. The molecule has 0 amide bonds. The fourth-order valence-corrected chi connectivity index (χ4v) is 2.90. The molecule has 0 aliphatic heterocycles. The Morgan fingerprint density at radius 1 is 1.47 bits per heavy atom. The second kappa shape index (κ2) is 6.33. The molecule has 1 saturated carbocycles. The Bertz CT molecular complexity index is 420. The average Bonchev–Trinajstić information content (AvgIpc) is 2.98. The molecule has 106 valence electrons. The summed E-state index contributed by atoms with van der Waals surface area (Å²) in [5.41, 5.74) is 0.861. The van der Waals surface area contributed by atoms with Crippen LogP contribution in [0.4, 0.5) is 0 Å². The summed E-state index contributed by atoms with van der Waals surface area (Å²) in [4.78, 5) is 12.1. The van der Waals surface area contributed by atoms with Crippen LogP contribution in [-0.2, 0) is 16.0 Å². The van der Waals surface area contributed by atoms with Crippen LogP contribution in [0.1, 0.15) is 51.3 Å². The minimum Gasteiger partial charge on any atom is -0.373 e. The molecule has 4 nitrogen and oxygen atoms in total. The van der Waals surface area contributed by atoms with E-state index in [0.29, 0.717) is 12.5 Å². The summed E-state index contributed by atoms with van der Waals surface area (Å²) in [6, 6.07) is 2.50. The molecule has 1 aromatic rings. The van der Waals surface area contributed by atoms with Crippen molar-refractivity contribution in [1.82, 2.24) is 9.78 Å². The van der Waals surface area contributed by atoms with Gasteiger partial charge in [0.2, 0.25) is 0 Å².